The van der Waals surface area contributed by atoms with Crippen molar-refractivity contribution < 1.29 is 19.7 Å². The van der Waals surface area contributed by atoms with Gasteiger partial charge in [-0.15, -0.1) is 0 Å². The van der Waals surface area contributed by atoms with E-state index in [1.165, 1.54) is 0 Å². The zero-order chi connectivity index (χ0) is 7.70. The highest BCUT2D eigenvalue weighted by Crippen LogP contribution is 1.53. The summed E-state index contributed by atoms with van der Waals surface area (Å²) >= 11 is 0. The third-order valence-corrected chi connectivity index (χ3v) is 0.322. The summed E-state index contributed by atoms with van der Waals surface area (Å²) in [5.74, 6) is 0. The molecular formula is C4H11NO4. The van der Waals surface area contributed by atoms with Crippen molar-refractivity contribution in [3.8, 4) is 0 Å². The highest BCUT2D eigenvalue weighted by molar-refractivity contribution is 5.53. The number of nitrogens with two attached hydrogens (primary N) is 1. The van der Waals surface area contributed by atoms with Crippen LogP contribution in [0.4, 0.5) is 4.79 Å². The van der Waals surface area contributed by atoms with Crippen LogP contribution in [-0.2, 0) is 4.74 Å². The highest BCUT2D eigenvalue weighted by atomic mass is 16.6. The first-order valence-corrected chi connectivity index (χ1v) is 2.26. The predicted molar refractivity (Wildman–Crippen MR) is 31.6 cm³/mol. The van der Waals surface area contributed by atoms with Crippen LogP contribution in [0, 0.1) is 0 Å². The molecule has 0 aromatic rings. The van der Waals surface area contributed by atoms with Crippen molar-refractivity contribution in [2.24, 2.45) is 5.73 Å². The molecule has 5 heteroatoms. The fraction of sp³-hybridized carbons (Fsp3) is 0.750. The van der Waals surface area contributed by atoms with Gasteiger partial charge in [-0.25, -0.2) is 4.79 Å². The van der Waals surface area contributed by atoms with Gasteiger partial charge in [-0.3, -0.25) is 0 Å². The molecule has 5 nitrogen and oxygen atoms in total. The third-order valence-electron chi connectivity index (χ3n) is 0.322. The van der Waals surface area contributed by atoms with E-state index < -0.39 is 6.16 Å². The number of ether oxygens (including phenoxy) is 1. The number of carboxylic acid groups (broad SMARTS) is 2. The van der Waals surface area contributed by atoms with Crippen molar-refractivity contribution in [3.05, 3.63) is 0 Å². The Morgan fingerprint density at radius 3 is 2.00 bits per heavy atom. The summed E-state index contributed by atoms with van der Waals surface area (Å²) in [6.07, 6.45) is -1.83. The van der Waals surface area contributed by atoms with Crippen molar-refractivity contribution in [2.75, 3.05) is 20.3 Å². The molecule has 0 aliphatic heterocycles. The van der Waals surface area contributed by atoms with E-state index in [0.717, 1.165) is 0 Å². The number of hydrogen-bond donors (Lipinski definition) is 3. The minimum atomic E-state index is -1.83. The predicted octanol–water partition coefficient (Wildman–Crippen LogP) is -0.186. The molecule has 0 bridgehead atoms. The molecule has 0 amide bonds. The van der Waals surface area contributed by atoms with Crippen LogP contribution >= 0.6 is 0 Å². The Labute approximate surface area is 53.0 Å². The zero-order valence-corrected chi connectivity index (χ0v) is 5.20. The molecule has 0 spiro atoms. The lowest BCUT2D eigenvalue weighted by Gasteiger charge is -1.85. The largest absolute Gasteiger partial charge is 0.503 e. The lowest BCUT2D eigenvalue weighted by atomic mass is 10.7. The molecule has 9 heavy (non-hydrogen) atoms. The molecule has 0 atom stereocenters. The lowest BCUT2D eigenvalue weighted by Crippen LogP contribution is -2.05. The molecule has 0 aliphatic rings. The zero-order valence-electron chi connectivity index (χ0n) is 5.20. The number of carbonyl (C=O) groups is 1. The molecule has 0 heterocycles. The molecular weight excluding hydrogens is 126 g/mol. The molecule has 0 saturated heterocycles. The van der Waals surface area contributed by atoms with Gasteiger partial charge in [0.15, 0.2) is 0 Å². The Kier molecular flexibility index (Phi) is 12.6. The van der Waals surface area contributed by atoms with Gasteiger partial charge >= 0.3 is 6.16 Å². The van der Waals surface area contributed by atoms with E-state index in [2.05, 4.69) is 4.74 Å². The average Bonchev–Trinajstić information content (AvgIpc) is 1.66. The quantitative estimate of drug-likeness (QED) is 0.490. The molecule has 0 aliphatic carbocycles. The Morgan fingerprint density at radius 1 is 1.67 bits per heavy atom. The third kappa shape index (κ3) is 137. The summed E-state index contributed by atoms with van der Waals surface area (Å²) in [4.78, 5) is 8.56. The standard InChI is InChI=1S/C3H9NO.CH2O3/c1-5-3-2-4;2-1(3)4/h2-4H2,1H3;(H2,2,3,4). The van der Waals surface area contributed by atoms with Crippen LogP contribution in [0.1, 0.15) is 0 Å². The Morgan fingerprint density at radius 2 is 2.00 bits per heavy atom. The van der Waals surface area contributed by atoms with Crippen molar-refractivity contribution in [3.63, 3.8) is 0 Å². The van der Waals surface area contributed by atoms with Crippen molar-refractivity contribution in [1.82, 2.24) is 0 Å². The van der Waals surface area contributed by atoms with Crippen LogP contribution in [0.2, 0.25) is 0 Å². The molecule has 0 aromatic carbocycles. The van der Waals surface area contributed by atoms with Gasteiger partial charge in [-0.1, -0.05) is 0 Å². The average molecular weight is 137 g/mol. The molecule has 56 valence electrons. The molecule has 4 N–H and O–H groups in total. The Hall–Kier alpha value is -0.810. The lowest BCUT2D eigenvalue weighted by molar-refractivity contribution is 0.137. The van der Waals surface area contributed by atoms with Gasteiger partial charge in [-0.2, -0.15) is 0 Å². The fourth-order valence-corrected chi connectivity index (χ4v) is 0.118. The highest BCUT2D eigenvalue weighted by Gasteiger charge is 1.70. The first-order chi connectivity index (χ1) is 4.15. The maximum atomic E-state index is 8.56. The van der Waals surface area contributed by atoms with E-state index in [0.29, 0.717) is 13.2 Å². The van der Waals surface area contributed by atoms with Crippen molar-refractivity contribution in [2.45, 2.75) is 0 Å². The van der Waals surface area contributed by atoms with E-state index >= 15 is 0 Å². The second-order valence-corrected chi connectivity index (χ2v) is 1.06. The van der Waals surface area contributed by atoms with Gasteiger partial charge < -0.3 is 20.7 Å². The molecule has 0 saturated carbocycles. The summed E-state index contributed by atoms with van der Waals surface area (Å²) in [7, 11) is 1.63. The SMILES string of the molecule is COCCN.O=C(O)O. The maximum Gasteiger partial charge on any atom is 0.503 e. The summed E-state index contributed by atoms with van der Waals surface area (Å²) in [5.41, 5.74) is 5.01. The molecule has 0 aromatic heterocycles. The minimum absolute atomic E-state index is 0.622. The summed E-state index contributed by atoms with van der Waals surface area (Å²) < 4.78 is 4.57. The number of methoxy groups -OCH3 is 1. The van der Waals surface area contributed by atoms with Crippen LogP contribution in [0.25, 0.3) is 0 Å². The van der Waals surface area contributed by atoms with Gasteiger partial charge in [0.05, 0.1) is 6.61 Å². The second kappa shape index (κ2) is 10.2. The van der Waals surface area contributed by atoms with E-state index in [1.807, 2.05) is 0 Å². The summed E-state index contributed by atoms with van der Waals surface area (Å²) in [6.45, 7) is 1.29. The summed E-state index contributed by atoms with van der Waals surface area (Å²) in [5, 5.41) is 13.9. The summed E-state index contributed by atoms with van der Waals surface area (Å²) in [6, 6.07) is 0. The normalized spacial score (nSPS) is 7.33. The Balaban J connectivity index is 0. The molecule has 0 fully saturated rings. The minimum Gasteiger partial charge on any atom is -0.450 e. The van der Waals surface area contributed by atoms with Crippen LogP contribution in [0.3, 0.4) is 0 Å². The molecule has 0 unspecified atom stereocenters. The van der Waals surface area contributed by atoms with E-state index in [-0.39, 0.29) is 0 Å². The van der Waals surface area contributed by atoms with Crippen LogP contribution in [0.15, 0.2) is 0 Å². The van der Waals surface area contributed by atoms with Gasteiger partial charge in [0.25, 0.3) is 0 Å². The smallest absolute Gasteiger partial charge is 0.450 e. The van der Waals surface area contributed by atoms with E-state index in [9.17, 15) is 0 Å². The topological polar surface area (TPSA) is 92.8 Å². The van der Waals surface area contributed by atoms with Crippen LogP contribution < -0.4 is 5.73 Å². The van der Waals surface area contributed by atoms with Crippen molar-refractivity contribution in [1.29, 1.82) is 0 Å². The van der Waals surface area contributed by atoms with Gasteiger partial charge in [0.2, 0.25) is 0 Å². The molecule has 0 radical (unpaired) electrons. The molecule has 0 rings (SSSR count). The monoisotopic (exact) mass is 137 g/mol. The van der Waals surface area contributed by atoms with Gasteiger partial charge in [-0.05, 0) is 0 Å². The van der Waals surface area contributed by atoms with Crippen LogP contribution in [-0.4, -0.2) is 36.6 Å². The van der Waals surface area contributed by atoms with Crippen LogP contribution in [0.5, 0.6) is 0 Å². The Bertz CT molecular complexity index is 59.6. The first-order valence-electron chi connectivity index (χ1n) is 2.26. The maximum absolute atomic E-state index is 8.56. The number of rotatable bonds is 2. The van der Waals surface area contributed by atoms with E-state index in [1.54, 1.807) is 7.11 Å². The number of hydrogen-bond acceptors (Lipinski definition) is 3. The second-order valence-electron chi connectivity index (χ2n) is 1.06. The first kappa shape index (κ1) is 11.0. The van der Waals surface area contributed by atoms with Gasteiger partial charge in [0.1, 0.15) is 0 Å². The van der Waals surface area contributed by atoms with Gasteiger partial charge in [0, 0.05) is 13.7 Å². The van der Waals surface area contributed by atoms with Crippen molar-refractivity contribution >= 4 is 6.16 Å². The van der Waals surface area contributed by atoms with E-state index in [4.69, 9.17) is 20.7 Å². The fourth-order valence-electron chi connectivity index (χ4n) is 0.118.